The van der Waals surface area contributed by atoms with Crippen LogP contribution in [0.15, 0.2) is 11.1 Å². The van der Waals surface area contributed by atoms with Gasteiger partial charge in [-0.3, -0.25) is 10.1 Å². The minimum Gasteiger partial charge on any atom is -0.370 e. The Kier molecular flexibility index (Phi) is 3.62. The lowest BCUT2D eigenvalue weighted by atomic mass is 10.3. The van der Waals surface area contributed by atoms with E-state index in [0.717, 1.165) is 29.1 Å². The van der Waals surface area contributed by atoms with Gasteiger partial charge >= 0.3 is 5.00 Å². The summed E-state index contributed by atoms with van der Waals surface area (Å²) in [6, 6.07) is 1.66. The van der Waals surface area contributed by atoms with E-state index in [9.17, 15) is 10.1 Å². The maximum Gasteiger partial charge on any atom is 0.349 e. The number of nitrogens with zero attached hydrogens (tertiary/aromatic N) is 2. The second-order valence-corrected chi connectivity index (χ2v) is 4.06. The Balaban J connectivity index is 3.11. The summed E-state index contributed by atoms with van der Waals surface area (Å²) in [4.78, 5) is 14.9. The van der Waals surface area contributed by atoms with Crippen LogP contribution < -0.4 is 11.5 Å². The molecule has 0 fully saturated rings. The minimum atomic E-state index is -0.467. The second kappa shape index (κ2) is 4.74. The van der Waals surface area contributed by atoms with Gasteiger partial charge in [-0.1, -0.05) is 24.7 Å². The van der Waals surface area contributed by atoms with E-state index in [1.54, 1.807) is 6.07 Å². The van der Waals surface area contributed by atoms with Crippen molar-refractivity contribution < 1.29 is 4.92 Å². The quantitative estimate of drug-likeness (QED) is 0.352. The fourth-order valence-corrected chi connectivity index (χ4v) is 2.15. The van der Waals surface area contributed by atoms with Crippen LogP contribution in [-0.4, -0.2) is 10.9 Å². The van der Waals surface area contributed by atoms with Crippen molar-refractivity contribution in [3.63, 3.8) is 0 Å². The Morgan fingerprint density at radius 1 is 1.67 bits per heavy atom. The number of hydrogen-bond acceptors (Lipinski definition) is 4. The molecule has 0 saturated heterocycles. The summed E-state index contributed by atoms with van der Waals surface area (Å²) in [6.07, 6.45) is 1.73. The Hall–Kier alpha value is -1.63. The summed E-state index contributed by atoms with van der Waals surface area (Å²) in [5.74, 6) is -0.168. The Morgan fingerprint density at radius 2 is 2.33 bits per heavy atom. The molecule has 0 radical (unpaired) electrons. The van der Waals surface area contributed by atoms with Gasteiger partial charge in [0.2, 0.25) is 0 Å². The van der Waals surface area contributed by atoms with Crippen LogP contribution in [0.1, 0.15) is 18.2 Å². The van der Waals surface area contributed by atoms with Crippen molar-refractivity contribution in [1.82, 2.24) is 0 Å². The molecule has 1 rings (SSSR count). The van der Waals surface area contributed by atoms with E-state index in [1.807, 2.05) is 6.92 Å². The molecule has 0 amide bonds. The molecule has 0 aromatic carbocycles. The molecule has 0 spiro atoms. The molecule has 0 aliphatic carbocycles. The van der Waals surface area contributed by atoms with Gasteiger partial charge in [-0.05, 0) is 12.5 Å². The summed E-state index contributed by atoms with van der Waals surface area (Å²) in [6.45, 7) is 2.01. The van der Waals surface area contributed by atoms with E-state index >= 15 is 0 Å². The number of aryl methyl sites for hydroxylation is 1. The van der Waals surface area contributed by atoms with Gasteiger partial charge in [-0.2, -0.15) is 0 Å². The average molecular weight is 228 g/mol. The maximum atomic E-state index is 10.7. The van der Waals surface area contributed by atoms with Crippen molar-refractivity contribution in [2.45, 2.75) is 19.8 Å². The lowest BCUT2D eigenvalue weighted by molar-refractivity contribution is -0.379. The van der Waals surface area contributed by atoms with E-state index in [4.69, 9.17) is 11.5 Å². The standard InChI is InChI=1S/C8H12N4O2S/c1-2-3-5-4-6(11-8(9)10)7(15-5)12(13)14/h4H,2-3H2,1H3,(H4,9,10,11). The van der Waals surface area contributed by atoms with Gasteiger partial charge < -0.3 is 11.5 Å². The Bertz CT molecular complexity index is 395. The molecule has 0 aliphatic rings. The third-order valence-electron chi connectivity index (χ3n) is 1.66. The van der Waals surface area contributed by atoms with E-state index in [-0.39, 0.29) is 16.6 Å². The molecule has 0 atom stereocenters. The first-order chi connectivity index (χ1) is 7.04. The molecule has 6 nitrogen and oxygen atoms in total. The van der Waals surface area contributed by atoms with E-state index in [1.165, 1.54) is 0 Å². The van der Waals surface area contributed by atoms with Crippen molar-refractivity contribution in [3.8, 4) is 0 Å². The Morgan fingerprint density at radius 3 is 2.80 bits per heavy atom. The lowest BCUT2D eigenvalue weighted by Gasteiger charge is -1.89. The number of guanidine groups is 1. The Labute approximate surface area is 90.8 Å². The molecule has 1 heterocycles. The number of thiophene rings is 1. The van der Waals surface area contributed by atoms with Crippen molar-refractivity contribution in [2.24, 2.45) is 16.5 Å². The van der Waals surface area contributed by atoms with Crippen LogP contribution in [0.4, 0.5) is 10.7 Å². The zero-order valence-electron chi connectivity index (χ0n) is 8.27. The number of hydrogen-bond donors (Lipinski definition) is 2. The van der Waals surface area contributed by atoms with Crippen molar-refractivity contribution in [1.29, 1.82) is 0 Å². The predicted molar refractivity (Wildman–Crippen MR) is 60.4 cm³/mol. The zero-order chi connectivity index (χ0) is 11.4. The third-order valence-corrected chi connectivity index (χ3v) is 2.79. The van der Waals surface area contributed by atoms with Crippen molar-refractivity contribution >= 4 is 28.0 Å². The highest BCUT2D eigenvalue weighted by molar-refractivity contribution is 7.15. The molecule has 15 heavy (non-hydrogen) atoms. The highest BCUT2D eigenvalue weighted by atomic mass is 32.1. The molecule has 82 valence electrons. The third kappa shape index (κ3) is 2.91. The number of aliphatic imine (C=N–C) groups is 1. The first kappa shape index (κ1) is 11.4. The van der Waals surface area contributed by atoms with Crippen LogP contribution in [0.25, 0.3) is 0 Å². The topological polar surface area (TPSA) is 108 Å². The predicted octanol–water partition coefficient (Wildman–Crippen LogP) is 1.51. The monoisotopic (exact) mass is 228 g/mol. The smallest absolute Gasteiger partial charge is 0.349 e. The first-order valence-corrected chi connectivity index (χ1v) is 5.23. The largest absolute Gasteiger partial charge is 0.370 e. The molecule has 7 heteroatoms. The van der Waals surface area contributed by atoms with Crippen LogP contribution in [0.5, 0.6) is 0 Å². The van der Waals surface area contributed by atoms with Gasteiger partial charge in [-0.25, -0.2) is 4.99 Å². The molecule has 4 N–H and O–H groups in total. The van der Waals surface area contributed by atoms with Gasteiger partial charge in [0.15, 0.2) is 11.6 Å². The molecule has 0 bridgehead atoms. The average Bonchev–Trinajstić information content (AvgIpc) is 2.47. The summed E-state index contributed by atoms with van der Waals surface area (Å²) in [7, 11) is 0. The van der Waals surface area contributed by atoms with Gasteiger partial charge in [0.05, 0.1) is 4.92 Å². The normalized spacial score (nSPS) is 9.93. The number of nitro groups is 1. The van der Waals surface area contributed by atoms with E-state index in [0.29, 0.717) is 0 Å². The van der Waals surface area contributed by atoms with Crippen LogP contribution in [0.3, 0.4) is 0 Å². The first-order valence-electron chi connectivity index (χ1n) is 4.41. The summed E-state index contributed by atoms with van der Waals surface area (Å²) in [5, 5.41) is 10.7. The fraction of sp³-hybridized carbons (Fsp3) is 0.375. The highest BCUT2D eigenvalue weighted by Gasteiger charge is 2.18. The van der Waals surface area contributed by atoms with Gasteiger partial charge in [-0.15, -0.1) is 0 Å². The summed E-state index contributed by atoms with van der Waals surface area (Å²) >= 11 is 1.12. The SMILES string of the molecule is CCCc1cc(N=C(N)N)c([N+](=O)[O-])s1. The van der Waals surface area contributed by atoms with E-state index in [2.05, 4.69) is 4.99 Å². The number of rotatable bonds is 4. The molecule has 0 saturated carbocycles. The molecule has 1 aromatic rings. The maximum absolute atomic E-state index is 10.7. The van der Waals surface area contributed by atoms with Crippen LogP contribution in [-0.2, 0) is 6.42 Å². The van der Waals surface area contributed by atoms with Crippen LogP contribution >= 0.6 is 11.3 Å². The van der Waals surface area contributed by atoms with Crippen LogP contribution in [0.2, 0.25) is 0 Å². The lowest BCUT2D eigenvalue weighted by Crippen LogP contribution is -2.21. The van der Waals surface area contributed by atoms with Gasteiger partial charge in [0.1, 0.15) is 0 Å². The fourth-order valence-electron chi connectivity index (χ4n) is 1.14. The van der Waals surface area contributed by atoms with Crippen molar-refractivity contribution in [3.05, 3.63) is 21.1 Å². The van der Waals surface area contributed by atoms with Crippen LogP contribution in [0, 0.1) is 10.1 Å². The van der Waals surface area contributed by atoms with E-state index < -0.39 is 4.92 Å². The van der Waals surface area contributed by atoms with Gasteiger partial charge in [0, 0.05) is 4.88 Å². The van der Waals surface area contributed by atoms with Crippen molar-refractivity contribution in [2.75, 3.05) is 0 Å². The highest BCUT2D eigenvalue weighted by Crippen LogP contribution is 2.37. The minimum absolute atomic E-state index is 0.00755. The molecule has 0 aliphatic heterocycles. The molecule has 1 aromatic heterocycles. The summed E-state index contributed by atoms with van der Waals surface area (Å²) in [5.41, 5.74) is 10.6. The second-order valence-electron chi connectivity index (χ2n) is 2.95. The number of nitrogens with two attached hydrogens (primary N) is 2. The zero-order valence-corrected chi connectivity index (χ0v) is 9.08. The summed E-state index contributed by atoms with van der Waals surface area (Å²) < 4.78 is 0. The molecule has 0 unspecified atom stereocenters. The molecular formula is C8H12N4O2S. The van der Waals surface area contributed by atoms with Gasteiger partial charge in [0.25, 0.3) is 0 Å². The molecular weight excluding hydrogens is 216 g/mol.